The molecule has 2 aromatic rings. The number of thiophene rings is 1. The topological polar surface area (TPSA) is 36.4 Å². The summed E-state index contributed by atoms with van der Waals surface area (Å²) < 4.78 is 0. The predicted octanol–water partition coefficient (Wildman–Crippen LogP) is 3.71. The predicted molar refractivity (Wildman–Crippen MR) is 106 cm³/mol. The van der Waals surface area contributed by atoms with Gasteiger partial charge in [0.05, 0.1) is 10.7 Å². The molecule has 1 saturated heterocycles. The molecule has 4 nitrogen and oxygen atoms in total. The Labute approximate surface area is 158 Å². The fraction of sp³-hybridized carbons (Fsp3) is 0.579. The maximum absolute atomic E-state index is 12.9. The minimum Gasteiger partial charge on any atom is -0.335 e. The molecule has 1 amide bonds. The number of hydrogen-bond donors (Lipinski definition) is 0. The third kappa shape index (κ3) is 4.90. The number of aromatic nitrogens is 1. The number of hydrogen-bond acceptors (Lipinski definition) is 5. The van der Waals surface area contributed by atoms with Crippen molar-refractivity contribution in [2.24, 2.45) is 5.92 Å². The molecule has 0 bridgehead atoms. The summed E-state index contributed by atoms with van der Waals surface area (Å²) in [5, 5.41) is 3.22. The van der Waals surface area contributed by atoms with Crippen molar-refractivity contribution in [3.63, 3.8) is 0 Å². The van der Waals surface area contributed by atoms with E-state index in [0.29, 0.717) is 5.92 Å². The molecule has 3 heterocycles. The van der Waals surface area contributed by atoms with E-state index in [1.54, 1.807) is 11.3 Å². The van der Waals surface area contributed by atoms with Crippen LogP contribution in [-0.2, 0) is 12.8 Å². The third-order valence-electron chi connectivity index (χ3n) is 4.53. The van der Waals surface area contributed by atoms with Crippen molar-refractivity contribution in [3.05, 3.63) is 38.0 Å². The van der Waals surface area contributed by atoms with Crippen LogP contribution in [0.2, 0.25) is 0 Å². The van der Waals surface area contributed by atoms with Crippen LogP contribution >= 0.6 is 22.7 Å². The Balaban J connectivity index is 1.52. The van der Waals surface area contributed by atoms with Gasteiger partial charge in [0.2, 0.25) is 0 Å². The van der Waals surface area contributed by atoms with E-state index in [4.69, 9.17) is 0 Å². The van der Waals surface area contributed by atoms with Gasteiger partial charge in [0.15, 0.2) is 0 Å². The number of carbonyl (C=O) groups is 1. The molecule has 1 fully saturated rings. The van der Waals surface area contributed by atoms with Gasteiger partial charge < -0.3 is 4.90 Å². The smallest absolute Gasteiger partial charge is 0.265 e. The molecular weight excluding hydrogens is 350 g/mol. The summed E-state index contributed by atoms with van der Waals surface area (Å²) in [6.07, 6.45) is 2.06. The molecule has 136 valence electrons. The zero-order chi connectivity index (χ0) is 17.8. The lowest BCUT2D eigenvalue weighted by atomic mass is 10.1. The highest BCUT2D eigenvalue weighted by atomic mass is 32.1. The summed E-state index contributed by atoms with van der Waals surface area (Å²) in [4.78, 5) is 24.2. The van der Waals surface area contributed by atoms with Crippen LogP contribution in [0.5, 0.6) is 0 Å². The molecule has 0 radical (unpaired) electrons. The van der Waals surface area contributed by atoms with Crippen LogP contribution in [0.15, 0.2) is 17.5 Å². The van der Waals surface area contributed by atoms with Crippen molar-refractivity contribution in [1.82, 2.24) is 14.8 Å². The van der Waals surface area contributed by atoms with Crippen molar-refractivity contribution in [3.8, 4) is 0 Å². The van der Waals surface area contributed by atoms with Gasteiger partial charge in [0.25, 0.3) is 5.91 Å². The zero-order valence-electron chi connectivity index (χ0n) is 15.3. The van der Waals surface area contributed by atoms with E-state index in [1.165, 1.54) is 4.88 Å². The molecule has 1 aliphatic rings. The molecule has 25 heavy (non-hydrogen) atoms. The lowest BCUT2D eigenvalue weighted by Gasteiger charge is -2.34. The maximum atomic E-state index is 12.9. The lowest BCUT2D eigenvalue weighted by molar-refractivity contribution is 0.0642. The maximum Gasteiger partial charge on any atom is 0.265 e. The fourth-order valence-corrected chi connectivity index (χ4v) is 5.07. The van der Waals surface area contributed by atoms with E-state index >= 15 is 0 Å². The van der Waals surface area contributed by atoms with Gasteiger partial charge in [-0.15, -0.1) is 22.7 Å². The molecule has 6 heteroatoms. The quantitative estimate of drug-likeness (QED) is 0.770. The minimum absolute atomic E-state index is 0.169. The van der Waals surface area contributed by atoms with Gasteiger partial charge in [0.1, 0.15) is 4.88 Å². The third-order valence-corrected chi connectivity index (χ3v) is 6.64. The molecule has 0 saturated carbocycles. The highest BCUT2D eigenvalue weighted by Crippen LogP contribution is 2.23. The molecular formula is C19H27N3OS2. The molecule has 0 N–H and O–H groups in total. The molecule has 0 atom stereocenters. The summed E-state index contributed by atoms with van der Waals surface area (Å²) in [7, 11) is 0. The van der Waals surface area contributed by atoms with Crippen LogP contribution in [0, 0.1) is 12.8 Å². The average molecular weight is 378 g/mol. The normalized spacial score (nSPS) is 15.9. The molecule has 0 aliphatic carbocycles. The van der Waals surface area contributed by atoms with Crippen LogP contribution in [0.1, 0.15) is 39.1 Å². The summed E-state index contributed by atoms with van der Waals surface area (Å²) >= 11 is 3.41. The molecule has 0 spiro atoms. The molecule has 1 aliphatic heterocycles. The SMILES string of the molecule is Cc1nc(CC(C)C)sc1C(=O)N1CCN(CCc2cccs2)CC1. The van der Waals surface area contributed by atoms with Crippen molar-refractivity contribution in [2.75, 3.05) is 32.7 Å². The van der Waals surface area contributed by atoms with Crippen LogP contribution < -0.4 is 0 Å². The van der Waals surface area contributed by atoms with Gasteiger partial charge in [-0.3, -0.25) is 9.69 Å². The second-order valence-corrected chi connectivity index (χ2v) is 9.20. The van der Waals surface area contributed by atoms with Gasteiger partial charge in [-0.05, 0) is 30.7 Å². The van der Waals surface area contributed by atoms with E-state index in [9.17, 15) is 4.79 Å². The number of piperazine rings is 1. The Kier molecular flexibility index (Phi) is 6.25. The van der Waals surface area contributed by atoms with Crippen molar-refractivity contribution < 1.29 is 4.79 Å². The van der Waals surface area contributed by atoms with E-state index < -0.39 is 0 Å². The van der Waals surface area contributed by atoms with Gasteiger partial charge in [-0.2, -0.15) is 0 Å². The Hall–Kier alpha value is -1.24. The monoisotopic (exact) mass is 377 g/mol. The number of thiazole rings is 1. The van der Waals surface area contributed by atoms with Crippen LogP contribution in [0.3, 0.4) is 0 Å². The number of carbonyl (C=O) groups excluding carboxylic acids is 1. The first kappa shape index (κ1) is 18.5. The second kappa shape index (κ2) is 8.43. The van der Waals surface area contributed by atoms with E-state index in [-0.39, 0.29) is 5.91 Å². The van der Waals surface area contributed by atoms with Crippen LogP contribution in [-0.4, -0.2) is 53.4 Å². The Morgan fingerprint density at radius 3 is 2.68 bits per heavy atom. The van der Waals surface area contributed by atoms with Crippen molar-refractivity contribution >= 4 is 28.6 Å². The Bertz CT molecular complexity index is 686. The number of nitrogens with zero attached hydrogens (tertiary/aromatic N) is 3. The van der Waals surface area contributed by atoms with E-state index in [1.807, 2.05) is 23.2 Å². The lowest BCUT2D eigenvalue weighted by Crippen LogP contribution is -2.49. The zero-order valence-corrected chi connectivity index (χ0v) is 17.0. The average Bonchev–Trinajstić information content (AvgIpc) is 3.22. The van der Waals surface area contributed by atoms with E-state index in [0.717, 1.165) is 61.1 Å². The highest BCUT2D eigenvalue weighted by Gasteiger charge is 2.25. The van der Waals surface area contributed by atoms with Gasteiger partial charge in [-0.25, -0.2) is 4.98 Å². The van der Waals surface area contributed by atoms with Gasteiger partial charge >= 0.3 is 0 Å². The first-order chi connectivity index (χ1) is 12.0. The largest absolute Gasteiger partial charge is 0.335 e. The number of aryl methyl sites for hydroxylation is 1. The molecule has 0 aromatic carbocycles. The minimum atomic E-state index is 0.169. The Morgan fingerprint density at radius 1 is 1.28 bits per heavy atom. The summed E-state index contributed by atoms with van der Waals surface area (Å²) in [5.74, 6) is 0.739. The van der Waals surface area contributed by atoms with Crippen LogP contribution in [0.4, 0.5) is 0 Å². The number of amides is 1. The van der Waals surface area contributed by atoms with Crippen molar-refractivity contribution in [1.29, 1.82) is 0 Å². The number of rotatable bonds is 6. The van der Waals surface area contributed by atoms with Crippen molar-refractivity contribution in [2.45, 2.75) is 33.6 Å². The highest BCUT2D eigenvalue weighted by molar-refractivity contribution is 7.13. The molecule has 3 rings (SSSR count). The summed E-state index contributed by atoms with van der Waals surface area (Å²) in [6, 6.07) is 4.31. The van der Waals surface area contributed by atoms with E-state index in [2.05, 4.69) is 41.2 Å². The second-order valence-electron chi connectivity index (χ2n) is 7.08. The first-order valence-corrected chi connectivity index (χ1v) is 10.7. The first-order valence-electron chi connectivity index (χ1n) is 9.03. The summed E-state index contributed by atoms with van der Waals surface area (Å²) in [6.45, 7) is 11.0. The Morgan fingerprint density at radius 2 is 2.04 bits per heavy atom. The molecule has 2 aromatic heterocycles. The van der Waals surface area contributed by atoms with Gasteiger partial charge in [0, 0.05) is 44.0 Å². The van der Waals surface area contributed by atoms with Gasteiger partial charge in [-0.1, -0.05) is 19.9 Å². The molecule has 0 unspecified atom stereocenters. The fourth-order valence-electron chi connectivity index (χ4n) is 3.13. The van der Waals surface area contributed by atoms with Crippen LogP contribution in [0.25, 0.3) is 0 Å². The summed E-state index contributed by atoms with van der Waals surface area (Å²) in [5.41, 5.74) is 0.894. The standard InChI is InChI=1S/C19H27N3OS2/c1-14(2)13-17-20-15(3)18(25-17)19(23)22-10-8-21(9-11-22)7-6-16-5-4-12-24-16/h4-5,12,14H,6-11,13H2,1-3H3.